The first-order chi connectivity index (χ1) is 13.9. The lowest BCUT2D eigenvalue weighted by molar-refractivity contribution is -0.129. The van der Waals surface area contributed by atoms with Gasteiger partial charge in [-0.05, 0) is 35.7 Å². The highest BCUT2D eigenvalue weighted by Gasteiger charge is 2.23. The van der Waals surface area contributed by atoms with Crippen LogP contribution in [0.4, 0.5) is 0 Å². The van der Waals surface area contributed by atoms with Crippen LogP contribution < -0.4 is 16.0 Å². The summed E-state index contributed by atoms with van der Waals surface area (Å²) in [6, 6.07) is 14.6. The third-order valence-electron chi connectivity index (χ3n) is 4.31. The molecule has 0 aromatic heterocycles. The van der Waals surface area contributed by atoms with Crippen molar-refractivity contribution in [1.29, 1.82) is 0 Å². The van der Waals surface area contributed by atoms with Crippen LogP contribution in [-0.4, -0.2) is 42.0 Å². The summed E-state index contributed by atoms with van der Waals surface area (Å²) in [5, 5.41) is 17.5. The summed E-state index contributed by atoms with van der Waals surface area (Å²) in [7, 11) is 0. The number of rotatable bonds is 9. The Kier molecular flexibility index (Phi) is 8.21. The fourth-order valence-corrected chi connectivity index (χ4v) is 2.73. The van der Waals surface area contributed by atoms with Gasteiger partial charge in [-0.2, -0.15) is 0 Å². The van der Waals surface area contributed by atoms with Gasteiger partial charge in [-0.3, -0.25) is 14.4 Å². The average Bonchev–Trinajstić information content (AvgIpc) is 2.70. The molecule has 0 radical (unpaired) electrons. The van der Waals surface area contributed by atoms with E-state index in [9.17, 15) is 19.5 Å². The van der Waals surface area contributed by atoms with Gasteiger partial charge in [-0.1, -0.05) is 44.2 Å². The molecule has 154 valence electrons. The van der Waals surface area contributed by atoms with Crippen LogP contribution in [0.3, 0.4) is 0 Å². The molecule has 0 aliphatic heterocycles. The van der Waals surface area contributed by atoms with Crippen LogP contribution in [0.2, 0.25) is 0 Å². The van der Waals surface area contributed by atoms with Crippen molar-refractivity contribution in [3.63, 3.8) is 0 Å². The maximum Gasteiger partial charge on any atom is 0.251 e. The fraction of sp³-hybridized carbons (Fsp3) is 0.318. The van der Waals surface area contributed by atoms with Crippen molar-refractivity contribution in [1.82, 2.24) is 16.0 Å². The second kappa shape index (κ2) is 10.8. The van der Waals surface area contributed by atoms with Gasteiger partial charge >= 0.3 is 0 Å². The van der Waals surface area contributed by atoms with Crippen molar-refractivity contribution < 1.29 is 19.5 Å². The van der Waals surface area contributed by atoms with Gasteiger partial charge in [0, 0.05) is 18.7 Å². The van der Waals surface area contributed by atoms with Crippen LogP contribution in [0.15, 0.2) is 54.6 Å². The largest absolute Gasteiger partial charge is 0.508 e. The monoisotopic (exact) mass is 397 g/mol. The minimum absolute atomic E-state index is 0.0821. The second-order valence-electron chi connectivity index (χ2n) is 7.05. The molecule has 2 aromatic carbocycles. The van der Waals surface area contributed by atoms with E-state index < -0.39 is 6.04 Å². The van der Waals surface area contributed by atoms with Gasteiger partial charge in [0.2, 0.25) is 11.8 Å². The van der Waals surface area contributed by atoms with E-state index in [-0.39, 0.29) is 48.9 Å². The first kappa shape index (κ1) is 21.9. The molecule has 0 fully saturated rings. The van der Waals surface area contributed by atoms with Gasteiger partial charge in [-0.15, -0.1) is 0 Å². The van der Waals surface area contributed by atoms with Crippen molar-refractivity contribution in [3.05, 3.63) is 65.7 Å². The second-order valence-corrected chi connectivity index (χ2v) is 7.05. The lowest BCUT2D eigenvalue weighted by Gasteiger charge is -2.22. The van der Waals surface area contributed by atoms with Gasteiger partial charge in [0.25, 0.3) is 5.91 Å². The Labute approximate surface area is 170 Å². The summed E-state index contributed by atoms with van der Waals surface area (Å²) < 4.78 is 0. The van der Waals surface area contributed by atoms with Crippen LogP contribution in [0, 0.1) is 5.92 Å². The molecule has 0 bridgehead atoms. The van der Waals surface area contributed by atoms with Crippen LogP contribution >= 0.6 is 0 Å². The topological polar surface area (TPSA) is 108 Å². The maximum atomic E-state index is 12.5. The smallest absolute Gasteiger partial charge is 0.251 e. The Morgan fingerprint density at radius 3 is 2.14 bits per heavy atom. The molecule has 3 amide bonds. The summed E-state index contributed by atoms with van der Waals surface area (Å²) in [6.07, 6.45) is 0.208. The number of carbonyl (C=O) groups excluding carboxylic acids is 3. The molecule has 0 saturated carbocycles. The Balaban J connectivity index is 1.77. The molecule has 0 aliphatic carbocycles. The molecular weight excluding hydrogens is 370 g/mol. The molecule has 1 atom stereocenters. The van der Waals surface area contributed by atoms with E-state index in [0.29, 0.717) is 5.56 Å². The third kappa shape index (κ3) is 7.29. The Hall–Kier alpha value is -3.35. The highest BCUT2D eigenvalue weighted by molar-refractivity contribution is 5.94. The number of phenols is 1. The third-order valence-corrected chi connectivity index (χ3v) is 4.31. The first-order valence-corrected chi connectivity index (χ1v) is 9.55. The zero-order valence-electron chi connectivity index (χ0n) is 16.6. The minimum Gasteiger partial charge on any atom is -0.508 e. The molecule has 7 heteroatoms. The number of hydrogen-bond acceptors (Lipinski definition) is 4. The highest BCUT2D eigenvalue weighted by Crippen LogP contribution is 2.09. The highest BCUT2D eigenvalue weighted by atomic mass is 16.3. The quantitative estimate of drug-likeness (QED) is 0.482. The van der Waals surface area contributed by atoms with Crippen LogP contribution in [0.5, 0.6) is 5.75 Å². The van der Waals surface area contributed by atoms with Crippen LogP contribution in [-0.2, 0) is 16.0 Å². The molecular formula is C22H27N3O4. The van der Waals surface area contributed by atoms with E-state index in [2.05, 4.69) is 16.0 Å². The summed E-state index contributed by atoms with van der Waals surface area (Å²) in [5.41, 5.74) is 1.30. The zero-order chi connectivity index (χ0) is 21.2. The molecule has 0 saturated heterocycles. The molecule has 0 spiro atoms. The van der Waals surface area contributed by atoms with E-state index in [0.717, 1.165) is 5.56 Å². The van der Waals surface area contributed by atoms with Gasteiger partial charge in [0.05, 0.1) is 6.42 Å². The fourth-order valence-electron chi connectivity index (χ4n) is 2.73. The lowest BCUT2D eigenvalue weighted by atomic mass is 10.0. The van der Waals surface area contributed by atoms with Crippen molar-refractivity contribution in [2.75, 3.05) is 13.1 Å². The van der Waals surface area contributed by atoms with Gasteiger partial charge < -0.3 is 21.1 Å². The number of nitrogens with one attached hydrogen (secondary N) is 3. The first-order valence-electron chi connectivity index (χ1n) is 9.55. The predicted molar refractivity (Wildman–Crippen MR) is 110 cm³/mol. The van der Waals surface area contributed by atoms with Crippen molar-refractivity contribution in [2.45, 2.75) is 26.3 Å². The minimum atomic E-state index is -0.654. The van der Waals surface area contributed by atoms with E-state index in [1.807, 2.05) is 44.2 Å². The van der Waals surface area contributed by atoms with Crippen LogP contribution in [0.1, 0.15) is 29.8 Å². The summed E-state index contributed by atoms with van der Waals surface area (Å²) in [5.74, 6) is -0.800. The molecule has 0 heterocycles. The van der Waals surface area contributed by atoms with Crippen molar-refractivity contribution in [3.8, 4) is 5.75 Å². The SMILES string of the molecule is CC(C)C(NC(=O)Cc1ccccc1)C(=O)NCCNC(=O)c1ccc(O)cc1. The standard InChI is InChI=1S/C22H27N3O4/c1-15(2)20(25-19(27)14-16-6-4-3-5-7-16)22(29)24-13-12-23-21(28)17-8-10-18(26)11-9-17/h3-11,15,20,26H,12-14H2,1-2H3,(H,23,28)(H,24,29)(H,25,27). The van der Waals surface area contributed by atoms with Crippen molar-refractivity contribution in [2.24, 2.45) is 5.92 Å². The molecule has 0 aliphatic rings. The summed E-state index contributed by atoms with van der Waals surface area (Å²) in [4.78, 5) is 36.7. The number of amides is 3. The van der Waals surface area contributed by atoms with E-state index in [1.165, 1.54) is 24.3 Å². The summed E-state index contributed by atoms with van der Waals surface area (Å²) >= 11 is 0. The number of phenolic OH excluding ortho intramolecular Hbond substituents is 1. The maximum absolute atomic E-state index is 12.5. The molecule has 2 aromatic rings. The van der Waals surface area contributed by atoms with Gasteiger partial charge in [0.15, 0.2) is 0 Å². The van der Waals surface area contributed by atoms with E-state index >= 15 is 0 Å². The number of hydrogen-bond donors (Lipinski definition) is 4. The molecule has 2 rings (SSSR count). The number of aromatic hydroxyl groups is 1. The molecule has 1 unspecified atom stereocenters. The average molecular weight is 397 g/mol. The van der Waals surface area contributed by atoms with Crippen LogP contribution in [0.25, 0.3) is 0 Å². The normalized spacial score (nSPS) is 11.6. The molecule has 7 nitrogen and oxygen atoms in total. The number of carbonyl (C=O) groups is 3. The Bertz CT molecular complexity index is 820. The Morgan fingerprint density at radius 1 is 0.897 bits per heavy atom. The Morgan fingerprint density at radius 2 is 1.52 bits per heavy atom. The van der Waals surface area contributed by atoms with Gasteiger partial charge in [0.1, 0.15) is 11.8 Å². The zero-order valence-corrected chi connectivity index (χ0v) is 16.6. The molecule has 29 heavy (non-hydrogen) atoms. The van der Waals surface area contributed by atoms with Crippen molar-refractivity contribution >= 4 is 17.7 Å². The van der Waals surface area contributed by atoms with Gasteiger partial charge in [-0.25, -0.2) is 0 Å². The van der Waals surface area contributed by atoms with E-state index in [4.69, 9.17) is 0 Å². The summed E-state index contributed by atoms with van der Waals surface area (Å²) in [6.45, 7) is 4.20. The van der Waals surface area contributed by atoms with E-state index in [1.54, 1.807) is 0 Å². The number of benzene rings is 2. The predicted octanol–water partition coefficient (Wildman–Crippen LogP) is 1.62. The molecule has 4 N–H and O–H groups in total. The lowest BCUT2D eigenvalue weighted by Crippen LogP contribution is -2.51.